The van der Waals surface area contributed by atoms with Crippen LogP contribution in [0.5, 0.6) is 0 Å². The van der Waals surface area contributed by atoms with E-state index in [1.807, 2.05) is 0 Å². The van der Waals surface area contributed by atoms with Gasteiger partial charge in [-0.3, -0.25) is 13.9 Å². The third-order valence-electron chi connectivity index (χ3n) is 1.83. The molecule has 0 aromatic heterocycles. The number of carbonyl (C=O) groups excluding carboxylic acids is 1. The van der Waals surface area contributed by atoms with Crippen LogP contribution in [0.4, 0.5) is 0 Å². The first kappa shape index (κ1) is 29.1. The van der Waals surface area contributed by atoms with Crippen molar-refractivity contribution >= 4 is 96.9 Å². The van der Waals surface area contributed by atoms with Crippen molar-refractivity contribution < 1.29 is 57.9 Å². The van der Waals surface area contributed by atoms with Crippen LogP contribution in [-0.2, 0) is 23.0 Å². The Hall–Kier alpha value is 2.29. The zero-order chi connectivity index (χ0) is 16.1. The number of ketones is 1. The van der Waals surface area contributed by atoms with Crippen LogP contribution >= 0.6 is 15.6 Å². The van der Waals surface area contributed by atoms with Gasteiger partial charge >= 0.3 is 75.5 Å². The van der Waals surface area contributed by atoms with Crippen molar-refractivity contribution in [3.05, 3.63) is 0 Å². The van der Waals surface area contributed by atoms with Gasteiger partial charge in [-0.2, -0.15) is 0 Å². The van der Waals surface area contributed by atoms with E-state index >= 15 is 0 Å². The molecular formula is C6H12Ca2O12P2+2. The van der Waals surface area contributed by atoms with Crippen molar-refractivity contribution in [2.24, 2.45) is 0 Å². The van der Waals surface area contributed by atoms with Crippen molar-refractivity contribution in [1.29, 1.82) is 0 Å². The smallest absolute Gasteiger partial charge is 0.756 e. The van der Waals surface area contributed by atoms with Gasteiger partial charge in [0.25, 0.3) is 15.6 Å². The van der Waals surface area contributed by atoms with E-state index in [1.54, 1.807) is 0 Å². The molecule has 5 atom stereocenters. The Morgan fingerprint density at radius 3 is 1.77 bits per heavy atom. The number of carbonyl (C=O) groups is 1. The van der Waals surface area contributed by atoms with Gasteiger partial charge in [-0.15, -0.1) is 0 Å². The molecule has 0 aliphatic heterocycles. The van der Waals surface area contributed by atoms with E-state index in [-0.39, 0.29) is 75.5 Å². The van der Waals surface area contributed by atoms with E-state index in [2.05, 4.69) is 9.05 Å². The molecular weight excluding hydrogens is 406 g/mol. The summed E-state index contributed by atoms with van der Waals surface area (Å²) in [6, 6.07) is 0. The number of rotatable bonds is 9. The molecule has 0 heterocycles. The normalized spacial score (nSPS) is 20.3. The van der Waals surface area contributed by atoms with Gasteiger partial charge < -0.3 is 43.9 Å². The number of hydrogen-bond acceptors (Lipinski definition) is 10. The van der Waals surface area contributed by atoms with Gasteiger partial charge in [0, 0.05) is 0 Å². The number of aliphatic hydroxyl groups is 3. The zero-order valence-electron chi connectivity index (χ0n) is 11.0. The first-order valence-corrected chi connectivity index (χ1v) is 7.76. The number of Topliss-reactive ketones (excluding diaryl/α,β-unsaturated/α-hetero) is 1. The summed E-state index contributed by atoms with van der Waals surface area (Å²) in [5.41, 5.74) is 0. The molecule has 120 valence electrons. The van der Waals surface area contributed by atoms with Gasteiger partial charge in [-0.25, -0.2) is 0 Å². The largest absolute Gasteiger partial charge is 2.00 e. The number of phosphoric acid groups is 2. The van der Waals surface area contributed by atoms with Crippen LogP contribution in [0.3, 0.4) is 0 Å². The third-order valence-corrected chi connectivity index (χ3v) is 2.76. The molecule has 0 radical (unpaired) electrons. The van der Waals surface area contributed by atoms with E-state index in [4.69, 9.17) is 14.9 Å². The fourth-order valence-electron chi connectivity index (χ4n) is 0.901. The second-order valence-electron chi connectivity index (χ2n) is 3.48. The molecule has 22 heavy (non-hydrogen) atoms. The monoisotopic (exact) mass is 418 g/mol. The molecule has 0 saturated heterocycles. The molecule has 0 aromatic carbocycles. The quantitative estimate of drug-likeness (QED) is 0.175. The van der Waals surface area contributed by atoms with Gasteiger partial charge in [-0.1, -0.05) is 0 Å². The van der Waals surface area contributed by atoms with Crippen molar-refractivity contribution in [3.63, 3.8) is 0 Å². The molecule has 0 rings (SSSR count). The summed E-state index contributed by atoms with van der Waals surface area (Å²) < 4.78 is 27.7. The molecule has 12 nitrogen and oxygen atoms in total. The number of phosphoric ester groups is 2. The van der Waals surface area contributed by atoms with Crippen LogP contribution in [0, 0.1) is 0 Å². The first-order chi connectivity index (χ1) is 8.83. The predicted molar refractivity (Wildman–Crippen MR) is 66.1 cm³/mol. The number of hydrogen-bond donors (Lipinski definition) is 5. The maximum Gasteiger partial charge on any atom is 2.00 e. The van der Waals surface area contributed by atoms with Gasteiger partial charge in [0.15, 0.2) is 5.78 Å². The molecule has 0 spiro atoms. The Balaban J connectivity index is -0.00000180. The van der Waals surface area contributed by atoms with Crippen molar-refractivity contribution in [1.82, 2.24) is 0 Å². The van der Waals surface area contributed by atoms with Crippen molar-refractivity contribution in [2.75, 3.05) is 13.2 Å². The van der Waals surface area contributed by atoms with E-state index in [0.29, 0.717) is 0 Å². The maximum atomic E-state index is 11.1. The summed E-state index contributed by atoms with van der Waals surface area (Å²) >= 11 is 0. The van der Waals surface area contributed by atoms with E-state index in [1.165, 1.54) is 0 Å². The molecule has 0 aliphatic rings. The van der Waals surface area contributed by atoms with E-state index in [9.17, 15) is 33.9 Å². The summed E-state index contributed by atoms with van der Waals surface area (Å²) in [6.07, 6.45) is -6.68. The minimum absolute atomic E-state index is 0. The number of aliphatic hydroxyl groups excluding tert-OH is 3. The molecule has 0 saturated carbocycles. The third kappa shape index (κ3) is 14.6. The minimum atomic E-state index is -5.21. The summed E-state index contributed by atoms with van der Waals surface area (Å²) in [5.74, 6) is -1.42. The Bertz CT molecular complexity index is 420. The summed E-state index contributed by atoms with van der Waals surface area (Å²) in [5, 5.41) is 27.6. The van der Waals surface area contributed by atoms with Gasteiger partial charge in [0.2, 0.25) is 0 Å². The molecule has 0 fully saturated rings. The molecule has 2 unspecified atom stereocenters. The minimum Gasteiger partial charge on any atom is -0.756 e. The van der Waals surface area contributed by atoms with Crippen LogP contribution in [0.2, 0.25) is 0 Å². The Morgan fingerprint density at radius 2 is 1.41 bits per heavy atom. The van der Waals surface area contributed by atoms with Crippen LogP contribution in [0.15, 0.2) is 0 Å². The summed E-state index contributed by atoms with van der Waals surface area (Å²) in [7, 11) is -10.4. The zero-order valence-corrected chi connectivity index (χ0v) is 17.3. The van der Waals surface area contributed by atoms with Crippen molar-refractivity contribution in [3.8, 4) is 0 Å². The Labute approximate surface area is 184 Å². The second-order valence-corrected chi connectivity index (χ2v) is 5.87. The van der Waals surface area contributed by atoms with Gasteiger partial charge in [0.1, 0.15) is 24.9 Å². The standard InChI is InChI=1S/C6H14O12P2.2Ca/c7-3(1-17-19(11,12)13)5(9)6(10)4(8)2-18-20(14,15)16;;/h3,5-7,9-10H,1-2H2,(H2,11,12,13)(H2,14,15,16);;/q;2*+2/p-2/t3-,5-,6-;;/m1../s1. The molecule has 0 amide bonds. The molecule has 0 bridgehead atoms. The van der Waals surface area contributed by atoms with Crippen molar-refractivity contribution in [2.45, 2.75) is 18.3 Å². The van der Waals surface area contributed by atoms with Gasteiger partial charge in [0.05, 0.1) is 6.61 Å². The molecule has 16 heteroatoms. The fourth-order valence-corrected chi connectivity index (χ4v) is 1.53. The maximum absolute atomic E-state index is 11.1. The average Bonchev–Trinajstić information content (AvgIpc) is 2.29. The van der Waals surface area contributed by atoms with Gasteiger partial charge in [-0.05, 0) is 0 Å². The summed E-state index contributed by atoms with van der Waals surface area (Å²) in [4.78, 5) is 47.9. The molecule has 0 aliphatic carbocycles. The molecule has 0 aromatic rings. The van der Waals surface area contributed by atoms with E-state index < -0.39 is 53.0 Å². The predicted octanol–water partition coefficient (Wildman–Crippen LogP) is -5.17. The SMILES string of the molecule is O=C(COP(=O)([O-])O)[C@@H](O)[C@H](O)[C@H](O)COP(=O)([O-])O.[Ca+2].[Ca+2]. The van der Waals surface area contributed by atoms with Crippen LogP contribution < -0.4 is 9.79 Å². The topological polar surface area (TPSA) is 217 Å². The van der Waals surface area contributed by atoms with E-state index in [0.717, 1.165) is 0 Å². The average molecular weight is 418 g/mol. The Morgan fingerprint density at radius 1 is 1.00 bits per heavy atom. The first-order valence-electron chi connectivity index (χ1n) is 4.77. The second kappa shape index (κ2) is 12.6. The van der Waals surface area contributed by atoms with Crippen LogP contribution in [-0.4, -0.2) is 138 Å². The van der Waals surface area contributed by atoms with Crippen LogP contribution in [0.25, 0.3) is 0 Å². The molecule has 5 N–H and O–H groups in total. The summed E-state index contributed by atoms with van der Waals surface area (Å²) in [6.45, 7) is -2.48. The van der Waals surface area contributed by atoms with Crippen LogP contribution in [0.1, 0.15) is 0 Å². The Kier molecular flexibility index (Phi) is 16.7. The fraction of sp³-hybridized carbons (Fsp3) is 0.833.